The van der Waals surface area contributed by atoms with Gasteiger partial charge in [0.1, 0.15) is 23.4 Å². The zero-order valence-corrected chi connectivity index (χ0v) is 25.8. The highest BCUT2D eigenvalue weighted by Gasteiger charge is 2.41. The SMILES string of the molecule is Cc1nc2cnccc2n1C1CCN(C(=O)CC[C@H](NC(=O)[C@@H]2CCCN2S(=O)(=O)c2cc(Cl)cc(Cl)c2)C(=O)O)CC1. The number of hydrogen-bond donors (Lipinski definition) is 2. The molecule has 230 valence electrons. The summed E-state index contributed by atoms with van der Waals surface area (Å²) in [5.74, 6) is -1.34. The van der Waals surface area contributed by atoms with Crippen LogP contribution in [0.25, 0.3) is 11.0 Å². The maximum absolute atomic E-state index is 13.3. The van der Waals surface area contributed by atoms with E-state index in [-0.39, 0.29) is 52.7 Å². The van der Waals surface area contributed by atoms with Crippen molar-refractivity contribution in [1.82, 2.24) is 29.1 Å². The molecule has 1 aromatic carbocycles. The summed E-state index contributed by atoms with van der Waals surface area (Å²) in [6.45, 7) is 3.06. The number of amides is 2. The Hall–Kier alpha value is -3.26. The molecule has 2 atom stereocenters. The van der Waals surface area contributed by atoms with Gasteiger partial charge in [-0.05, 0) is 63.3 Å². The first-order valence-corrected chi connectivity index (χ1v) is 16.2. The molecule has 2 amide bonds. The fraction of sp³-hybridized carbons (Fsp3) is 0.464. The highest BCUT2D eigenvalue weighted by Crippen LogP contribution is 2.31. The van der Waals surface area contributed by atoms with Crippen molar-refractivity contribution in [2.45, 2.75) is 68.5 Å². The summed E-state index contributed by atoms with van der Waals surface area (Å²) in [7, 11) is -4.12. The van der Waals surface area contributed by atoms with E-state index < -0.39 is 34.0 Å². The number of carboxylic acids is 1. The molecule has 2 fully saturated rings. The van der Waals surface area contributed by atoms with E-state index in [1.54, 1.807) is 17.3 Å². The lowest BCUT2D eigenvalue weighted by Gasteiger charge is -2.33. The van der Waals surface area contributed by atoms with Gasteiger partial charge >= 0.3 is 5.97 Å². The Morgan fingerprint density at radius 3 is 2.47 bits per heavy atom. The van der Waals surface area contributed by atoms with Gasteiger partial charge in [0.2, 0.25) is 21.8 Å². The molecule has 2 aliphatic rings. The van der Waals surface area contributed by atoms with E-state index in [4.69, 9.17) is 23.2 Å². The molecule has 2 aromatic heterocycles. The number of fused-ring (bicyclic) bond motifs is 1. The molecule has 0 spiro atoms. The third-order valence-electron chi connectivity index (χ3n) is 8.06. The Morgan fingerprint density at radius 1 is 1.09 bits per heavy atom. The number of hydrogen-bond acceptors (Lipinski definition) is 7. The number of carbonyl (C=O) groups is 3. The molecule has 2 N–H and O–H groups in total. The van der Waals surface area contributed by atoms with Crippen molar-refractivity contribution >= 4 is 62.0 Å². The van der Waals surface area contributed by atoms with Gasteiger partial charge in [0, 0.05) is 48.3 Å². The second-order valence-corrected chi connectivity index (χ2v) is 13.6. The Labute approximate surface area is 259 Å². The van der Waals surface area contributed by atoms with Crippen LogP contribution in [-0.2, 0) is 24.4 Å². The molecule has 0 unspecified atom stereocenters. The zero-order chi connectivity index (χ0) is 30.9. The summed E-state index contributed by atoms with van der Waals surface area (Å²) in [4.78, 5) is 48.5. The van der Waals surface area contributed by atoms with Crippen LogP contribution in [0.15, 0.2) is 41.6 Å². The topological polar surface area (TPSA) is 155 Å². The lowest BCUT2D eigenvalue weighted by atomic mass is 10.0. The molecule has 3 aromatic rings. The van der Waals surface area contributed by atoms with E-state index in [9.17, 15) is 27.9 Å². The second kappa shape index (κ2) is 12.8. The number of nitrogens with zero attached hydrogens (tertiary/aromatic N) is 5. The minimum atomic E-state index is -4.12. The molecule has 43 heavy (non-hydrogen) atoms. The maximum atomic E-state index is 13.3. The number of piperidine rings is 1. The molecular formula is C28H32Cl2N6O6S. The summed E-state index contributed by atoms with van der Waals surface area (Å²) in [5.41, 5.74) is 1.83. The van der Waals surface area contributed by atoms with Gasteiger partial charge in [0.05, 0.1) is 16.6 Å². The van der Waals surface area contributed by atoms with Crippen molar-refractivity contribution in [3.05, 3.63) is 52.5 Å². The predicted molar refractivity (Wildman–Crippen MR) is 159 cm³/mol. The number of halogens is 2. The maximum Gasteiger partial charge on any atom is 0.326 e. The van der Waals surface area contributed by atoms with E-state index in [1.165, 1.54) is 18.2 Å². The van der Waals surface area contributed by atoms with Gasteiger partial charge in [-0.15, -0.1) is 0 Å². The monoisotopic (exact) mass is 650 g/mol. The fourth-order valence-corrected chi connectivity index (χ4v) is 8.34. The Balaban J connectivity index is 1.17. The Kier molecular flexibility index (Phi) is 9.26. The van der Waals surface area contributed by atoms with Gasteiger partial charge in [-0.3, -0.25) is 14.6 Å². The zero-order valence-electron chi connectivity index (χ0n) is 23.4. The van der Waals surface area contributed by atoms with Gasteiger partial charge in [0.25, 0.3) is 0 Å². The Bertz CT molecular complexity index is 1640. The number of benzene rings is 1. The number of aryl methyl sites for hydroxylation is 1. The molecular weight excluding hydrogens is 619 g/mol. The van der Waals surface area contributed by atoms with Crippen LogP contribution in [0.2, 0.25) is 10.0 Å². The third-order valence-corrected chi connectivity index (χ3v) is 10.4. The molecule has 4 heterocycles. The van der Waals surface area contributed by atoms with E-state index in [0.29, 0.717) is 19.5 Å². The minimum Gasteiger partial charge on any atom is -0.480 e. The van der Waals surface area contributed by atoms with Crippen molar-refractivity contribution in [3.8, 4) is 0 Å². The van der Waals surface area contributed by atoms with Gasteiger partial charge in [-0.25, -0.2) is 18.2 Å². The summed E-state index contributed by atoms with van der Waals surface area (Å²) in [6, 6.07) is 3.56. The van der Waals surface area contributed by atoms with Crippen LogP contribution in [-0.4, -0.2) is 86.8 Å². The highest BCUT2D eigenvalue weighted by atomic mass is 35.5. The number of nitrogens with one attached hydrogen (secondary N) is 1. The van der Waals surface area contributed by atoms with Crippen molar-refractivity contribution in [2.24, 2.45) is 0 Å². The summed E-state index contributed by atoms with van der Waals surface area (Å²) < 4.78 is 29.8. The van der Waals surface area contributed by atoms with Crippen LogP contribution in [0.5, 0.6) is 0 Å². The number of carbonyl (C=O) groups excluding carboxylic acids is 2. The van der Waals surface area contributed by atoms with Crippen LogP contribution in [0.4, 0.5) is 0 Å². The molecule has 12 nitrogen and oxygen atoms in total. The highest BCUT2D eigenvalue weighted by molar-refractivity contribution is 7.89. The van der Waals surface area contributed by atoms with E-state index in [1.807, 2.05) is 13.0 Å². The number of rotatable bonds is 9. The van der Waals surface area contributed by atoms with Crippen LogP contribution in [0.3, 0.4) is 0 Å². The molecule has 0 aliphatic carbocycles. The number of sulfonamides is 1. The average molecular weight is 652 g/mol. The molecule has 15 heteroatoms. The first-order valence-electron chi connectivity index (χ1n) is 14.0. The lowest BCUT2D eigenvalue weighted by Crippen LogP contribution is -2.51. The largest absolute Gasteiger partial charge is 0.480 e. The van der Waals surface area contributed by atoms with Gasteiger partial charge in [-0.2, -0.15) is 4.31 Å². The fourth-order valence-electron chi connectivity index (χ4n) is 5.96. The third kappa shape index (κ3) is 6.64. The van der Waals surface area contributed by atoms with Crippen molar-refractivity contribution in [2.75, 3.05) is 19.6 Å². The quantitative estimate of drug-likeness (QED) is 0.357. The summed E-state index contributed by atoms with van der Waals surface area (Å²) in [6.07, 6.45) is 5.36. The van der Waals surface area contributed by atoms with E-state index >= 15 is 0 Å². The second-order valence-electron chi connectivity index (χ2n) is 10.8. The molecule has 0 radical (unpaired) electrons. The molecule has 2 aliphatic heterocycles. The predicted octanol–water partition coefficient (Wildman–Crippen LogP) is 3.41. The van der Waals surface area contributed by atoms with Crippen molar-refractivity contribution < 1.29 is 27.9 Å². The van der Waals surface area contributed by atoms with Gasteiger partial charge in [-0.1, -0.05) is 23.2 Å². The van der Waals surface area contributed by atoms with Crippen molar-refractivity contribution in [1.29, 1.82) is 0 Å². The molecule has 0 saturated carbocycles. The minimum absolute atomic E-state index is 0.0751. The van der Waals surface area contributed by atoms with Crippen LogP contribution in [0, 0.1) is 6.92 Å². The average Bonchev–Trinajstić information content (AvgIpc) is 3.59. The van der Waals surface area contributed by atoms with Gasteiger partial charge < -0.3 is 19.9 Å². The number of likely N-dealkylation sites (tertiary alicyclic amines) is 1. The normalized spacial score (nSPS) is 19.0. The van der Waals surface area contributed by atoms with Crippen LogP contribution >= 0.6 is 23.2 Å². The molecule has 2 saturated heterocycles. The number of aliphatic carboxylic acids is 1. The first-order chi connectivity index (χ1) is 20.5. The molecule has 0 bridgehead atoms. The lowest BCUT2D eigenvalue weighted by molar-refractivity contribution is -0.143. The Morgan fingerprint density at radius 2 is 1.79 bits per heavy atom. The number of carboxylic acid groups (broad SMARTS) is 1. The van der Waals surface area contributed by atoms with Crippen LogP contribution in [0.1, 0.15) is 50.4 Å². The van der Waals surface area contributed by atoms with E-state index in [2.05, 4.69) is 19.9 Å². The van der Waals surface area contributed by atoms with Gasteiger partial charge in [0.15, 0.2) is 0 Å². The van der Waals surface area contributed by atoms with Crippen LogP contribution < -0.4 is 5.32 Å². The number of imidazole rings is 1. The number of pyridine rings is 1. The first kappa shape index (κ1) is 31.2. The van der Waals surface area contributed by atoms with E-state index in [0.717, 1.165) is 34.0 Å². The smallest absolute Gasteiger partial charge is 0.326 e. The standard InChI is InChI=1S/C28H32Cl2N6O6S/c1-17-32-23-16-31-9-6-24(23)36(17)20-7-11-34(12-8-20)26(37)5-4-22(28(39)40)33-27(38)25-3-2-10-35(25)43(41,42)21-14-18(29)13-19(30)15-21/h6,9,13-16,20,22,25H,2-5,7-8,10-12H2,1H3,(H,33,38)(H,39,40)/t22-,25-/m0/s1. The van der Waals surface area contributed by atoms with Crippen molar-refractivity contribution in [3.63, 3.8) is 0 Å². The number of aromatic nitrogens is 3. The molecule has 5 rings (SSSR count). The summed E-state index contributed by atoms with van der Waals surface area (Å²) in [5, 5.41) is 12.5. The summed E-state index contributed by atoms with van der Waals surface area (Å²) >= 11 is 12.0.